The lowest BCUT2D eigenvalue weighted by Gasteiger charge is -2.08. The molecule has 1 heterocycles. The largest absolute Gasteiger partial charge is 0.307 e. The molecule has 3 nitrogen and oxygen atoms in total. The van der Waals surface area contributed by atoms with Gasteiger partial charge in [-0.3, -0.25) is 4.79 Å². The number of halogens is 2. The second kappa shape index (κ2) is 5.48. The second-order valence-corrected chi connectivity index (χ2v) is 5.03. The fourth-order valence-electron chi connectivity index (χ4n) is 1.68. The van der Waals surface area contributed by atoms with E-state index >= 15 is 0 Å². The smallest absolute Gasteiger partial charge is 0.257 e. The third-order valence-electron chi connectivity index (χ3n) is 2.70. The van der Waals surface area contributed by atoms with Crippen LogP contribution < -0.4 is 5.32 Å². The Labute approximate surface area is 119 Å². The molecule has 0 aliphatic heterocycles. The van der Waals surface area contributed by atoms with Gasteiger partial charge in [-0.1, -0.05) is 0 Å². The van der Waals surface area contributed by atoms with Gasteiger partial charge >= 0.3 is 0 Å². The molecular weight excluding hydrogens is 311 g/mol. The van der Waals surface area contributed by atoms with Crippen molar-refractivity contribution in [1.29, 1.82) is 0 Å². The van der Waals surface area contributed by atoms with Crippen LogP contribution in [0.15, 0.2) is 34.8 Å². The van der Waals surface area contributed by atoms with Crippen LogP contribution in [0.2, 0.25) is 0 Å². The average molecular weight is 323 g/mol. The third-order valence-corrected chi connectivity index (χ3v) is 3.53. The number of hydrogen-bond acceptors (Lipinski definition) is 2. The highest BCUT2D eigenvalue weighted by atomic mass is 79.9. The van der Waals surface area contributed by atoms with Crippen LogP contribution in [0, 0.1) is 19.7 Å². The molecule has 19 heavy (non-hydrogen) atoms. The number of rotatable bonds is 2. The zero-order valence-electron chi connectivity index (χ0n) is 10.5. The number of nitrogens with zero attached hydrogens (tertiary/aromatic N) is 1. The fraction of sp³-hybridized carbons (Fsp3) is 0.143. The zero-order chi connectivity index (χ0) is 14.0. The molecule has 0 atom stereocenters. The molecule has 0 saturated carbocycles. The summed E-state index contributed by atoms with van der Waals surface area (Å²) in [6.07, 6.45) is 0. The number of carbonyl (C=O) groups is 1. The number of hydrogen-bond donors (Lipinski definition) is 1. The first kappa shape index (κ1) is 13.7. The van der Waals surface area contributed by atoms with Crippen LogP contribution in [-0.4, -0.2) is 10.9 Å². The van der Waals surface area contributed by atoms with Crippen molar-refractivity contribution < 1.29 is 9.18 Å². The summed E-state index contributed by atoms with van der Waals surface area (Å²) < 4.78 is 13.9. The lowest BCUT2D eigenvalue weighted by Crippen LogP contribution is -2.14. The van der Waals surface area contributed by atoms with Crippen LogP contribution in [0.3, 0.4) is 0 Å². The fourth-order valence-corrected chi connectivity index (χ4v) is 1.90. The lowest BCUT2D eigenvalue weighted by atomic mass is 10.1. The zero-order valence-corrected chi connectivity index (χ0v) is 12.1. The minimum Gasteiger partial charge on any atom is -0.307 e. The number of anilines is 1. The summed E-state index contributed by atoms with van der Waals surface area (Å²) in [5.74, 6) is -0.187. The molecule has 1 N–H and O–H groups in total. The predicted molar refractivity (Wildman–Crippen MR) is 75.8 cm³/mol. The number of pyridine rings is 1. The maximum Gasteiger partial charge on any atom is 0.257 e. The van der Waals surface area contributed by atoms with E-state index in [9.17, 15) is 9.18 Å². The number of aryl methyl sites for hydroxylation is 2. The van der Waals surface area contributed by atoms with Crippen molar-refractivity contribution in [3.63, 3.8) is 0 Å². The quantitative estimate of drug-likeness (QED) is 0.912. The Bertz CT molecular complexity index is 643. The number of amides is 1. The molecule has 0 aliphatic carbocycles. The highest BCUT2D eigenvalue weighted by Crippen LogP contribution is 2.17. The van der Waals surface area contributed by atoms with Crippen LogP contribution in [0.25, 0.3) is 0 Å². The predicted octanol–water partition coefficient (Wildman–Crippen LogP) is 3.85. The summed E-state index contributed by atoms with van der Waals surface area (Å²) >= 11 is 3.34. The van der Waals surface area contributed by atoms with Gasteiger partial charge < -0.3 is 5.32 Å². The maximum absolute atomic E-state index is 13.0. The van der Waals surface area contributed by atoms with Gasteiger partial charge in [-0.05, 0) is 65.7 Å². The Balaban J connectivity index is 2.23. The van der Waals surface area contributed by atoms with Gasteiger partial charge in [-0.25, -0.2) is 9.37 Å². The normalized spacial score (nSPS) is 10.3. The summed E-state index contributed by atoms with van der Waals surface area (Å²) in [7, 11) is 0. The molecule has 1 aromatic heterocycles. The number of carbonyl (C=O) groups excluding carboxylic acids is 1. The second-order valence-electron chi connectivity index (χ2n) is 4.18. The van der Waals surface area contributed by atoms with Gasteiger partial charge in [0.15, 0.2) is 0 Å². The molecule has 2 rings (SSSR count). The first-order valence-electron chi connectivity index (χ1n) is 5.68. The van der Waals surface area contributed by atoms with E-state index < -0.39 is 0 Å². The summed E-state index contributed by atoms with van der Waals surface area (Å²) in [5, 5.41) is 2.69. The number of aromatic nitrogens is 1. The van der Waals surface area contributed by atoms with E-state index in [0.717, 1.165) is 10.2 Å². The molecule has 1 amide bonds. The average Bonchev–Trinajstić information content (AvgIpc) is 2.33. The van der Waals surface area contributed by atoms with Crippen molar-refractivity contribution in [1.82, 2.24) is 4.98 Å². The first-order chi connectivity index (χ1) is 8.97. The highest BCUT2D eigenvalue weighted by molar-refractivity contribution is 9.10. The summed E-state index contributed by atoms with van der Waals surface area (Å²) in [4.78, 5) is 16.3. The highest BCUT2D eigenvalue weighted by Gasteiger charge is 2.11. The Morgan fingerprint density at radius 3 is 2.63 bits per heavy atom. The van der Waals surface area contributed by atoms with Gasteiger partial charge in [-0.2, -0.15) is 0 Å². The van der Waals surface area contributed by atoms with Crippen molar-refractivity contribution >= 4 is 27.7 Å². The van der Waals surface area contributed by atoms with Crippen LogP contribution >= 0.6 is 15.9 Å². The van der Waals surface area contributed by atoms with Crippen LogP contribution in [0.5, 0.6) is 0 Å². The molecule has 0 saturated heterocycles. The van der Waals surface area contributed by atoms with E-state index in [1.807, 2.05) is 13.0 Å². The van der Waals surface area contributed by atoms with E-state index in [2.05, 4.69) is 26.2 Å². The van der Waals surface area contributed by atoms with Gasteiger partial charge in [0, 0.05) is 10.0 Å². The molecule has 2 aromatic rings. The molecule has 5 heteroatoms. The lowest BCUT2D eigenvalue weighted by molar-refractivity contribution is 0.102. The molecule has 0 spiro atoms. The van der Waals surface area contributed by atoms with E-state index in [4.69, 9.17) is 0 Å². The Kier molecular flexibility index (Phi) is 3.95. The SMILES string of the molecule is Cc1cc(F)ccc1C(=O)Nc1ccc(Br)c(C)n1. The van der Waals surface area contributed by atoms with Gasteiger partial charge in [0.1, 0.15) is 11.6 Å². The summed E-state index contributed by atoms with van der Waals surface area (Å²) in [6.45, 7) is 3.53. The van der Waals surface area contributed by atoms with Crippen LogP contribution in [-0.2, 0) is 0 Å². The van der Waals surface area contributed by atoms with E-state index in [1.165, 1.54) is 18.2 Å². The summed E-state index contributed by atoms with van der Waals surface area (Å²) in [5.41, 5.74) is 1.81. The molecule has 98 valence electrons. The van der Waals surface area contributed by atoms with Crippen molar-refractivity contribution in [2.24, 2.45) is 0 Å². The molecular formula is C14H12BrFN2O. The summed E-state index contributed by atoms with van der Waals surface area (Å²) in [6, 6.07) is 7.58. The Morgan fingerprint density at radius 2 is 2.00 bits per heavy atom. The minimum atomic E-state index is -0.355. The van der Waals surface area contributed by atoms with Crippen molar-refractivity contribution in [2.75, 3.05) is 5.32 Å². The van der Waals surface area contributed by atoms with E-state index in [0.29, 0.717) is 16.9 Å². The first-order valence-corrected chi connectivity index (χ1v) is 6.47. The van der Waals surface area contributed by atoms with Crippen LogP contribution in [0.4, 0.5) is 10.2 Å². The molecule has 0 unspecified atom stereocenters. The number of benzene rings is 1. The van der Waals surface area contributed by atoms with Gasteiger partial charge in [0.25, 0.3) is 5.91 Å². The van der Waals surface area contributed by atoms with Gasteiger partial charge in [0.2, 0.25) is 0 Å². The Morgan fingerprint density at radius 1 is 1.26 bits per heavy atom. The topological polar surface area (TPSA) is 42.0 Å². The molecule has 0 aliphatic rings. The standard InChI is InChI=1S/C14H12BrFN2O/c1-8-7-10(16)3-4-11(8)14(19)18-13-6-5-12(15)9(2)17-13/h3-7H,1-2H3,(H,17,18,19). The molecule has 0 radical (unpaired) electrons. The minimum absolute atomic E-state index is 0.299. The monoisotopic (exact) mass is 322 g/mol. The van der Waals surface area contributed by atoms with Crippen LogP contribution in [0.1, 0.15) is 21.6 Å². The molecule has 1 aromatic carbocycles. The van der Waals surface area contributed by atoms with E-state index in [1.54, 1.807) is 13.0 Å². The van der Waals surface area contributed by atoms with Crippen molar-refractivity contribution in [2.45, 2.75) is 13.8 Å². The van der Waals surface area contributed by atoms with Gasteiger partial charge in [0.05, 0.1) is 5.69 Å². The van der Waals surface area contributed by atoms with Crippen molar-refractivity contribution in [3.8, 4) is 0 Å². The Hall–Kier alpha value is -1.75. The molecule has 0 bridgehead atoms. The third kappa shape index (κ3) is 3.17. The molecule has 0 fully saturated rings. The number of nitrogens with one attached hydrogen (secondary N) is 1. The maximum atomic E-state index is 13.0. The van der Waals surface area contributed by atoms with E-state index in [-0.39, 0.29) is 11.7 Å². The van der Waals surface area contributed by atoms with Crippen molar-refractivity contribution in [3.05, 3.63) is 57.4 Å². The van der Waals surface area contributed by atoms with Gasteiger partial charge in [-0.15, -0.1) is 0 Å².